The van der Waals surface area contributed by atoms with Gasteiger partial charge in [-0.15, -0.1) is 10.2 Å². The molecule has 7 nitrogen and oxygen atoms in total. The van der Waals surface area contributed by atoms with Gasteiger partial charge in [0.1, 0.15) is 5.75 Å². The molecule has 0 aliphatic rings. The molecule has 3 rings (SSSR count). The highest BCUT2D eigenvalue weighted by atomic mass is 32.2. The van der Waals surface area contributed by atoms with Gasteiger partial charge < -0.3 is 15.9 Å². The van der Waals surface area contributed by atoms with E-state index in [0.717, 1.165) is 28.1 Å². The third-order valence-corrected chi connectivity index (χ3v) is 5.37. The SMILES string of the molecule is COc1ccc(-c2nnc(S[C@H](C)C(=O)Nc3cc(C)ccc3C)n2N)cc1. The number of nitrogens with one attached hydrogen (secondary N) is 1. The Kier molecular flexibility index (Phi) is 5.89. The molecule has 1 atom stereocenters. The fourth-order valence-electron chi connectivity index (χ4n) is 2.61. The van der Waals surface area contributed by atoms with E-state index in [4.69, 9.17) is 10.6 Å². The Labute approximate surface area is 168 Å². The van der Waals surface area contributed by atoms with Crippen LogP contribution in [0.2, 0.25) is 0 Å². The number of benzene rings is 2. The maximum absolute atomic E-state index is 12.6. The Hall–Kier alpha value is -3.00. The van der Waals surface area contributed by atoms with Crippen molar-refractivity contribution in [2.24, 2.45) is 0 Å². The predicted octanol–water partition coefficient (Wildman–Crippen LogP) is 3.40. The molecular formula is C20H23N5O2S. The highest BCUT2D eigenvalue weighted by Crippen LogP contribution is 2.27. The maximum Gasteiger partial charge on any atom is 0.237 e. The van der Waals surface area contributed by atoms with Gasteiger partial charge in [-0.05, 0) is 62.2 Å². The minimum atomic E-state index is -0.393. The van der Waals surface area contributed by atoms with E-state index in [1.165, 1.54) is 16.4 Å². The minimum absolute atomic E-state index is 0.118. The largest absolute Gasteiger partial charge is 0.497 e. The Morgan fingerprint density at radius 1 is 1.18 bits per heavy atom. The molecule has 28 heavy (non-hydrogen) atoms. The van der Waals surface area contributed by atoms with Crippen molar-refractivity contribution in [3.05, 3.63) is 53.6 Å². The van der Waals surface area contributed by atoms with Gasteiger partial charge in [0.15, 0.2) is 5.82 Å². The number of nitrogens with zero attached hydrogens (tertiary/aromatic N) is 3. The van der Waals surface area contributed by atoms with Crippen LogP contribution in [0.3, 0.4) is 0 Å². The van der Waals surface area contributed by atoms with Gasteiger partial charge in [-0.25, -0.2) is 4.68 Å². The number of aryl methyl sites for hydroxylation is 2. The van der Waals surface area contributed by atoms with E-state index in [0.29, 0.717) is 11.0 Å². The number of thioether (sulfide) groups is 1. The van der Waals surface area contributed by atoms with Crippen molar-refractivity contribution >= 4 is 23.4 Å². The van der Waals surface area contributed by atoms with Gasteiger partial charge in [0.25, 0.3) is 0 Å². The number of amides is 1. The number of rotatable bonds is 6. The van der Waals surface area contributed by atoms with E-state index in [1.54, 1.807) is 7.11 Å². The van der Waals surface area contributed by atoms with E-state index >= 15 is 0 Å². The molecule has 3 N–H and O–H groups in total. The second-order valence-electron chi connectivity index (χ2n) is 6.47. The molecule has 0 saturated heterocycles. The lowest BCUT2D eigenvalue weighted by atomic mass is 10.1. The molecule has 0 bridgehead atoms. The number of ether oxygens (including phenoxy) is 1. The van der Waals surface area contributed by atoms with Crippen molar-refractivity contribution in [3.63, 3.8) is 0 Å². The quantitative estimate of drug-likeness (QED) is 0.489. The molecule has 0 aliphatic heterocycles. The van der Waals surface area contributed by atoms with Crippen molar-refractivity contribution in [2.75, 3.05) is 18.3 Å². The van der Waals surface area contributed by atoms with Gasteiger partial charge in [0, 0.05) is 11.3 Å². The van der Waals surface area contributed by atoms with Gasteiger partial charge in [0.2, 0.25) is 11.1 Å². The van der Waals surface area contributed by atoms with Crippen LogP contribution in [0.5, 0.6) is 5.75 Å². The smallest absolute Gasteiger partial charge is 0.237 e. The molecule has 0 saturated carbocycles. The maximum atomic E-state index is 12.6. The lowest BCUT2D eigenvalue weighted by Gasteiger charge is -2.13. The van der Waals surface area contributed by atoms with Crippen LogP contribution < -0.4 is 15.9 Å². The number of aromatic nitrogens is 3. The molecule has 0 fully saturated rings. The van der Waals surface area contributed by atoms with Gasteiger partial charge in [0.05, 0.1) is 12.4 Å². The standard InChI is InChI=1S/C20H23N5O2S/c1-12-5-6-13(2)17(11-12)22-19(26)14(3)28-20-24-23-18(25(20)21)15-7-9-16(27-4)10-8-15/h5-11,14H,21H2,1-4H3,(H,22,26)/t14-/m1/s1. The number of nitrogens with two attached hydrogens (primary N) is 1. The third kappa shape index (κ3) is 4.28. The first-order chi connectivity index (χ1) is 13.4. The highest BCUT2D eigenvalue weighted by Gasteiger charge is 2.20. The zero-order chi connectivity index (χ0) is 20.3. The Bertz CT molecular complexity index is 985. The van der Waals surface area contributed by atoms with E-state index in [2.05, 4.69) is 15.5 Å². The first-order valence-corrected chi connectivity index (χ1v) is 9.66. The molecular weight excluding hydrogens is 374 g/mol. The number of carbonyl (C=O) groups is 1. The zero-order valence-corrected chi connectivity index (χ0v) is 17.1. The molecule has 2 aromatic carbocycles. The predicted molar refractivity (Wildman–Crippen MR) is 112 cm³/mol. The molecule has 0 radical (unpaired) electrons. The summed E-state index contributed by atoms with van der Waals surface area (Å²) < 4.78 is 6.56. The highest BCUT2D eigenvalue weighted by molar-refractivity contribution is 8.00. The van der Waals surface area contributed by atoms with Gasteiger partial charge in [-0.2, -0.15) is 0 Å². The summed E-state index contributed by atoms with van der Waals surface area (Å²) in [5, 5.41) is 11.3. The first-order valence-electron chi connectivity index (χ1n) is 8.78. The van der Waals surface area contributed by atoms with Gasteiger partial charge in [-0.1, -0.05) is 23.9 Å². The van der Waals surface area contributed by atoms with Crippen molar-refractivity contribution in [1.29, 1.82) is 0 Å². The van der Waals surface area contributed by atoms with Gasteiger partial charge in [-0.3, -0.25) is 4.79 Å². The monoisotopic (exact) mass is 397 g/mol. The Morgan fingerprint density at radius 2 is 1.89 bits per heavy atom. The number of carbonyl (C=O) groups excluding carboxylic acids is 1. The van der Waals surface area contributed by atoms with Crippen LogP contribution in [0.15, 0.2) is 47.6 Å². The molecule has 8 heteroatoms. The van der Waals surface area contributed by atoms with Crippen molar-refractivity contribution < 1.29 is 9.53 Å². The van der Waals surface area contributed by atoms with Crippen LogP contribution in [0, 0.1) is 13.8 Å². The first kappa shape index (κ1) is 19.8. The summed E-state index contributed by atoms with van der Waals surface area (Å²) in [5.41, 5.74) is 3.73. The van der Waals surface area contributed by atoms with Crippen molar-refractivity contribution in [1.82, 2.24) is 14.9 Å². The summed E-state index contributed by atoms with van der Waals surface area (Å²) >= 11 is 1.26. The number of nitrogen functional groups attached to an aromatic ring is 1. The second kappa shape index (κ2) is 8.35. The summed E-state index contributed by atoms with van der Waals surface area (Å²) in [4.78, 5) is 12.6. The zero-order valence-electron chi connectivity index (χ0n) is 16.3. The van der Waals surface area contributed by atoms with Crippen LogP contribution in [0.25, 0.3) is 11.4 Å². The molecule has 3 aromatic rings. The van der Waals surface area contributed by atoms with E-state index < -0.39 is 5.25 Å². The van der Waals surface area contributed by atoms with Crippen LogP contribution in [-0.2, 0) is 4.79 Å². The molecule has 0 unspecified atom stereocenters. The number of methoxy groups -OCH3 is 1. The lowest BCUT2D eigenvalue weighted by molar-refractivity contribution is -0.115. The van der Waals surface area contributed by atoms with Crippen LogP contribution in [0.4, 0.5) is 5.69 Å². The van der Waals surface area contributed by atoms with Crippen LogP contribution in [0.1, 0.15) is 18.1 Å². The third-order valence-electron chi connectivity index (χ3n) is 4.32. The average molecular weight is 398 g/mol. The molecule has 1 amide bonds. The summed E-state index contributed by atoms with van der Waals surface area (Å²) in [6, 6.07) is 13.3. The molecule has 1 heterocycles. The minimum Gasteiger partial charge on any atom is -0.497 e. The Balaban J connectivity index is 1.71. The van der Waals surface area contributed by atoms with Gasteiger partial charge >= 0.3 is 0 Å². The normalized spacial score (nSPS) is 11.9. The number of hydrogen-bond acceptors (Lipinski definition) is 6. The van der Waals surface area contributed by atoms with E-state index in [9.17, 15) is 4.79 Å². The molecule has 146 valence electrons. The fraction of sp³-hybridized carbons (Fsp3) is 0.250. The van der Waals surface area contributed by atoms with Crippen molar-refractivity contribution in [2.45, 2.75) is 31.2 Å². The van der Waals surface area contributed by atoms with Crippen LogP contribution >= 0.6 is 11.8 Å². The topological polar surface area (TPSA) is 95.1 Å². The number of hydrogen-bond donors (Lipinski definition) is 2. The molecule has 0 aliphatic carbocycles. The molecule has 1 aromatic heterocycles. The number of anilines is 1. The van der Waals surface area contributed by atoms with E-state index in [-0.39, 0.29) is 5.91 Å². The summed E-state index contributed by atoms with van der Waals surface area (Å²) in [6.45, 7) is 5.77. The second-order valence-corrected chi connectivity index (χ2v) is 7.78. The van der Waals surface area contributed by atoms with E-state index in [1.807, 2.05) is 63.2 Å². The fourth-order valence-corrected chi connectivity index (χ4v) is 3.38. The summed E-state index contributed by atoms with van der Waals surface area (Å²) in [7, 11) is 1.61. The summed E-state index contributed by atoms with van der Waals surface area (Å²) in [5.74, 6) is 7.31. The average Bonchev–Trinajstić information content (AvgIpc) is 3.05. The molecule has 0 spiro atoms. The van der Waals surface area contributed by atoms with Crippen LogP contribution in [-0.4, -0.2) is 33.1 Å². The lowest BCUT2D eigenvalue weighted by Crippen LogP contribution is -2.24. The Morgan fingerprint density at radius 3 is 2.57 bits per heavy atom. The van der Waals surface area contributed by atoms with Crippen molar-refractivity contribution in [3.8, 4) is 17.1 Å². The summed E-state index contributed by atoms with van der Waals surface area (Å²) in [6.07, 6.45) is 0.